The molecule has 1 N–H and O–H groups in total. The number of anilines is 1. The molecule has 0 aromatic heterocycles. The van der Waals surface area contributed by atoms with Gasteiger partial charge in [-0.05, 0) is 25.1 Å². The van der Waals surface area contributed by atoms with Gasteiger partial charge in [0.1, 0.15) is 0 Å². The van der Waals surface area contributed by atoms with Gasteiger partial charge in [0.15, 0.2) is 0 Å². The molecule has 0 fully saturated rings. The van der Waals surface area contributed by atoms with Crippen molar-refractivity contribution < 1.29 is 4.79 Å². The standard InChI is InChI=1S/C11H14N2O/c1-13-7-6-9-4-2-3-5-10(9)12-11(14)8-13/h2-5H,6-8H2,1H3,(H,12,14). The average Bonchev–Trinajstić information content (AvgIpc) is 2.14. The van der Waals surface area contributed by atoms with Gasteiger partial charge in [-0.25, -0.2) is 0 Å². The molecule has 1 aromatic carbocycles. The summed E-state index contributed by atoms with van der Waals surface area (Å²) in [5.74, 6) is 0.0691. The molecule has 0 spiro atoms. The fraction of sp³-hybridized carbons (Fsp3) is 0.364. The molecule has 14 heavy (non-hydrogen) atoms. The normalized spacial score (nSPS) is 17.9. The van der Waals surface area contributed by atoms with Gasteiger partial charge in [-0.3, -0.25) is 9.69 Å². The molecule has 74 valence electrons. The minimum absolute atomic E-state index is 0.0691. The molecule has 1 aliphatic rings. The summed E-state index contributed by atoms with van der Waals surface area (Å²) in [5, 5.41) is 2.91. The predicted octanol–water partition coefficient (Wildman–Crippen LogP) is 1.11. The summed E-state index contributed by atoms with van der Waals surface area (Å²) in [6, 6.07) is 7.98. The molecule has 0 bridgehead atoms. The molecule has 0 saturated heterocycles. The second-order valence-electron chi connectivity index (χ2n) is 3.69. The Morgan fingerprint density at radius 2 is 2.14 bits per heavy atom. The lowest BCUT2D eigenvalue weighted by Crippen LogP contribution is -2.34. The Balaban J connectivity index is 2.28. The number of hydrogen-bond donors (Lipinski definition) is 1. The first-order valence-corrected chi connectivity index (χ1v) is 4.82. The number of nitrogens with zero attached hydrogens (tertiary/aromatic N) is 1. The van der Waals surface area contributed by atoms with Gasteiger partial charge in [0.25, 0.3) is 0 Å². The summed E-state index contributed by atoms with van der Waals surface area (Å²) >= 11 is 0. The molecule has 1 aliphatic heterocycles. The summed E-state index contributed by atoms with van der Waals surface area (Å²) in [4.78, 5) is 13.5. The fourth-order valence-corrected chi connectivity index (χ4v) is 1.69. The molecule has 0 unspecified atom stereocenters. The molecule has 0 radical (unpaired) electrons. The van der Waals surface area contributed by atoms with Crippen molar-refractivity contribution in [3.8, 4) is 0 Å². The number of para-hydroxylation sites is 1. The smallest absolute Gasteiger partial charge is 0.238 e. The number of nitrogens with one attached hydrogen (secondary N) is 1. The zero-order valence-electron chi connectivity index (χ0n) is 8.29. The Kier molecular flexibility index (Phi) is 2.50. The first-order valence-electron chi connectivity index (χ1n) is 4.82. The van der Waals surface area contributed by atoms with E-state index in [9.17, 15) is 4.79 Å². The van der Waals surface area contributed by atoms with E-state index in [1.807, 2.05) is 30.1 Å². The van der Waals surface area contributed by atoms with Crippen molar-refractivity contribution in [3.05, 3.63) is 29.8 Å². The van der Waals surface area contributed by atoms with Gasteiger partial charge in [0.05, 0.1) is 6.54 Å². The zero-order chi connectivity index (χ0) is 9.97. The van der Waals surface area contributed by atoms with Gasteiger partial charge in [0.2, 0.25) is 5.91 Å². The third-order valence-corrected chi connectivity index (χ3v) is 2.47. The summed E-state index contributed by atoms with van der Waals surface area (Å²) in [5.41, 5.74) is 2.18. The number of likely N-dealkylation sites (N-methyl/N-ethyl adjacent to an activating group) is 1. The molecular weight excluding hydrogens is 176 g/mol. The largest absolute Gasteiger partial charge is 0.325 e. The lowest BCUT2D eigenvalue weighted by atomic mass is 10.1. The van der Waals surface area contributed by atoms with E-state index < -0.39 is 0 Å². The van der Waals surface area contributed by atoms with Crippen LogP contribution >= 0.6 is 0 Å². The Morgan fingerprint density at radius 1 is 1.36 bits per heavy atom. The molecular formula is C11H14N2O. The van der Waals surface area contributed by atoms with Gasteiger partial charge in [-0.15, -0.1) is 0 Å². The number of benzene rings is 1. The zero-order valence-corrected chi connectivity index (χ0v) is 8.29. The highest BCUT2D eigenvalue weighted by molar-refractivity contribution is 5.93. The molecule has 1 aromatic rings. The van der Waals surface area contributed by atoms with Crippen LogP contribution in [0.4, 0.5) is 5.69 Å². The molecule has 0 atom stereocenters. The topological polar surface area (TPSA) is 32.3 Å². The van der Waals surface area contributed by atoms with Crippen molar-refractivity contribution in [2.45, 2.75) is 6.42 Å². The minimum atomic E-state index is 0.0691. The molecule has 3 nitrogen and oxygen atoms in total. The van der Waals surface area contributed by atoms with Crippen LogP contribution in [-0.4, -0.2) is 30.9 Å². The quantitative estimate of drug-likeness (QED) is 0.664. The van der Waals surface area contributed by atoms with Crippen LogP contribution in [0.3, 0.4) is 0 Å². The highest BCUT2D eigenvalue weighted by Crippen LogP contribution is 2.17. The molecule has 0 saturated carbocycles. The monoisotopic (exact) mass is 190 g/mol. The maximum Gasteiger partial charge on any atom is 0.238 e. The number of rotatable bonds is 0. The minimum Gasteiger partial charge on any atom is -0.325 e. The second-order valence-corrected chi connectivity index (χ2v) is 3.69. The van der Waals surface area contributed by atoms with Crippen molar-refractivity contribution in [2.75, 3.05) is 25.5 Å². The van der Waals surface area contributed by atoms with Crippen LogP contribution in [-0.2, 0) is 11.2 Å². The highest BCUT2D eigenvalue weighted by atomic mass is 16.2. The summed E-state index contributed by atoms with van der Waals surface area (Å²) in [6.07, 6.45) is 0.993. The maximum atomic E-state index is 11.5. The van der Waals surface area contributed by atoms with E-state index in [1.54, 1.807) is 0 Å². The molecule has 0 aliphatic carbocycles. The molecule has 2 rings (SSSR count). The predicted molar refractivity (Wildman–Crippen MR) is 56.3 cm³/mol. The Morgan fingerprint density at radius 3 is 3.00 bits per heavy atom. The van der Waals surface area contributed by atoms with Crippen LogP contribution in [0, 0.1) is 0 Å². The Bertz CT molecular complexity index is 349. The number of carbonyl (C=O) groups is 1. The van der Waals surface area contributed by atoms with E-state index in [2.05, 4.69) is 11.4 Å². The van der Waals surface area contributed by atoms with E-state index in [0.717, 1.165) is 18.7 Å². The maximum absolute atomic E-state index is 11.5. The van der Waals surface area contributed by atoms with Crippen molar-refractivity contribution in [1.29, 1.82) is 0 Å². The van der Waals surface area contributed by atoms with Gasteiger partial charge in [0, 0.05) is 12.2 Å². The van der Waals surface area contributed by atoms with E-state index in [-0.39, 0.29) is 5.91 Å². The highest BCUT2D eigenvalue weighted by Gasteiger charge is 2.13. The lowest BCUT2D eigenvalue weighted by Gasteiger charge is -2.21. The van der Waals surface area contributed by atoms with Crippen LogP contribution in [0.1, 0.15) is 5.56 Å². The van der Waals surface area contributed by atoms with Crippen molar-refractivity contribution in [2.24, 2.45) is 0 Å². The van der Waals surface area contributed by atoms with E-state index in [1.165, 1.54) is 5.56 Å². The third-order valence-electron chi connectivity index (χ3n) is 2.47. The summed E-state index contributed by atoms with van der Waals surface area (Å²) < 4.78 is 0. The van der Waals surface area contributed by atoms with Crippen LogP contribution < -0.4 is 5.32 Å². The van der Waals surface area contributed by atoms with Gasteiger partial charge >= 0.3 is 0 Å². The molecule has 3 heteroatoms. The van der Waals surface area contributed by atoms with Crippen molar-refractivity contribution in [3.63, 3.8) is 0 Å². The first kappa shape index (κ1) is 9.21. The molecule has 1 heterocycles. The first-order chi connectivity index (χ1) is 6.75. The lowest BCUT2D eigenvalue weighted by molar-refractivity contribution is -0.117. The molecule has 1 amide bonds. The van der Waals surface area contributed by atoms with E-state index >= 15 is 0 Å². The van der Waals surface area contributed by atoms with Crippen molar-refractivity contribution >= 4 is 11.6 Å². The van der Waals surface area contributed by atoms with E-state index in [4.69, 9.17) is 0 Å². The average molecular weight is 190 g/mol. The number of hydrogen-bond acceptors (Lipinski definition) is 2. The SMILES string of the molecule is CN1CCc2ccccc2NC(=O)C1. The van der Waals surface area contributed by atoms with Crippen LogP contribution in [0.15, 0.2) is 24.3 Å². The second kappa shape index (κ2) is 3.80. The Hall–Kier alpha value is -1.35. The summed E-state index contributed by atoms with van der Waals surface area (Å²) in [6.45, 7) is 1.42. The van der Waals surface area contributed by atoms with Gasteiger partial charge < -0.3 is 5.32 Å². The number of amides is 1. The number of carbonyl (C=O) groups excluding carboxylic acids is 1. The van der Waals surface area contributed by atoms with Crippen LogP contribution in [0.25, 0.3) is 0 Å². The van der Waals surface area contributed by atoms with Crippen molar-refractivity contribution in [1.82, 2.24) is 4.90 Å². The fourth-order valence-electron chi connectivity index (χ4n) is 1.69. The summed E-state index contributed by atoms with van der Waals surface area (Å²) in [7, 11) is 1.97. The van der Waals surface area contributed by atoms with Crippen LogP contribution in [0.2, 0.25) is 0 Å². The third kappa shape index (κ3) is 1.93. The van der Waals surface area contributed by atoms with Gasteiger partial charge in [-0.1, -0.05) is 18.2 Å². The van der Waals surface area contributed by atoms with Gasteiger partial charge in [-0.2, -0.15) is 0 Å². The Labute approximate surface area is 83.7 Å². The number of fused-ring (bicyclic) bond motifs is 1. The van der Waals surface area contributed by atoms with Crippen LogP contribution in [0.5, 0.6) is 0 Å². The van der Waals surface area contributed by atoms with E-state index in [0.29, 0.717) is 6.54 Å².